The summed E-state index contributed by atoms with van der Waals surface area (Å²) < 4.78 is 50.3. The standard InChI is InChI=1S/C25H25Cl2F3N6O2/c1-13-20(22-31-12-32-35(22)15-6-5-7-15)21(14-8-9-16(26)17(27)10-14)36-19(11-18(33-36)25(28,29)30)34(13)23(37)38-24(2,3)4/h8-12,15,21H,5-7H2,1-4H3/t21-/m1/s1. The number of halogens is 5. The summed E-state index contributed by atoms with van der Waals surface area (Å²) in [6.45, 7) is 6.68. The minimum Gasteiger partial charge on any atom is -0.443 e. The van der Waals surface area contributed by atoms with Gasteiger partial charge in [0, 0.05) is 17.3 Å². The Kier molecular flexibility index (Phi) is 6.50. The predicted molar refractivity (Wildman–Crippen MR) is 136 cm³/mol. The lowest BCUT2D eigenvalue weighted by molar-refractivity contribution is -0.141. The number of rotatable bonds is 3. The lowest BCUT2D eigenvalue weighted by atomic mass is 9.91. The number of fused-ring (bicyclic) bond motifs is 1. The van der Waals surface area contributed by atoms with Gasteiger partial charge in [0.25, 0.3) is 0 Å². The number of aromatic nitrogens is 5. The van der Waals surface area contributed by atoms with Crippen molar-refractivity contribution in [2.75, 3.05) is 4.90 Å². The smallest absolute Gasteiger partial charge is 0.435 e. The van der Waals surface area contributed by atoms with Crippen molar-refractivity contribution in [3.05, 3.63) is 63.4 Å². The zero-order chi connectivity index (χ0) is 27.6. The third-order valence-corrected chi connectivity index (χ3v) is 7.29. The van der Waals surface area contributed by atoms with E-state index >= 15 is 0 Å². The van der Waals surface area contributed by atoms with Crippen molar-refractivity contribution in [2.45, 2.75) is 70.8 Å². The van der Waals surface area contributed by atoms with Crippen LogP contribution in [0.2, 0.25) is 10.0 Å². The lowest BCUT2D eigenvalue weighted by Crippen LogP contribution is -2.41. The van der Waals surface area contributed by atoms with Crippen molar-refractivity contribution >= 4 is 40.7 Å². The number of anilines is 1. The summed E-state index contributed by atoms with van der Waals surface area (Å²) >= 11 is 12.5. The SMILES string of the molecule is CC1=C(c2ncnn2C2CCC2)[C@@H](c2ccc(Cl)c(Cl)c2)n2nc(C(F)(F)F)cc2N1C(=O)OC(C)(C)C. The summed E-state index contributed by atoms with van der Waals surface area (Å²) in [6.07, 6.45) is -1.39. The summed E-state index contributed by atoms with van der Waals surface area (Å²) in [4.78, 5) is 19.1. The molecular weight excluding hydrogens is 544 g/mol. The van der Waals surface area contributed by atoms with Crippen molar-refractivity contribution in [3.8, 4) is 0 Å². The average Bonchev–Trinajstić information content (AvgIpc) is 3.39. The Morgan fingerprint density at radius 1 is 1.08 bits per heavy atom. The van der Waals surface area contributed by atoms with E-state index in [2.05, 4.69) is 15.2 Å². The fourth-order valence-electron chi connectivity index (χ4n) is 4.65. The van der Waals surface area contributed by atoms with Crippen LogP contribution in [0.3, 0.4) is 0 Å². The summed E-state index contributed by atoms with van der Waals surface area (Å²) in [5.74, 6) is 0.324. The molecule has 0 radical (unpaired) electrons. The van der Waals surface area contributed by atoms with Crippen LogP contribution in [0.25, 0.3) is 5.57 Å². The van der Waals surface area contributed by atoms with Crippen LogP contribution in [0.1, 0.15) is 76.1 Å². The van der Waals surface area contributed by atoms with Gasteiger partial charge >= 0.3 is 12.3 Å². The largest absolute Gasteiger partial charge is 0.443 e. The second-order valence-corrected chi connectivity index (χ2v) is 11.1. The van der Waals surface area contributed by atoms with Crippen LogP contribution in [0.4, 0.5) is 23.8 Å². The van der Waals surface area contributed by atoms with E-state index in [-0.39, 0.29) is 21.9 Å². The van der Waals surface area contributed by atoms with E-state index in [1.54, 1.807) is 50.6 Å². The van der Waals surface area contributed by atoms with Crippen molar-refractivity contribution in [2.24, 2.45) is 0 Å². The molecule has 1 aliphatic heterocycles. The molecular formula is C25H25Cl2F3N6O2. The quantitative estimate of drug-likeness (QED) is 0.331. The maximum Gasteiger partial charge on any atom is 0.435 e. The lowest BCUT2D eigenvalue weighted by Gasteiger charge is -2.37. The van der Waals surface area contributed by atoms with Gasteiger partial charge in [0.05, 0.1) is 16.1 Å². The monoisotopic (exact) mass is 568 g/mol. The molecule has 0 saturated heterocycles. The Labute approximate surface area is 227 Å². The minimum atomic E-state index is -4.76. The molecule has 3 aromatic rings. The molecule has 2 aliphatic rings. The molecule has 0 spiro atoms. The van der Waals surface area contributed by atoms with Gasteiger partial charge in [0.1, 0.15) is 23.8 Å². The Hall–Kier alpha value is -3.05. The van der Waals surface area contributed by atoms with Crippen molar-refractivity contribution in [1.82, 2.24) is 24.5 Å². The van der Waals surface area contributed by atoms with Crippen molar-refractivity contribution in [1.29, 1.82) is 0 Å². The maximum atomic E-state index is 13.9. The molecule has 0 unspecified atom stereocenters. The Bertz CT molecular complexity index is 1440. The van der Waals surface area contributed by atoms with Crippen molar-refractivity contribution in [3.63, 3.8) is 0 Å². The zero-order valence-corrected chi connectivity index (χ0v) is 22.6. The molecule has 1 aliphatic carbocycles. The molecule has 1 saturated carbocycles. The molecule has 1 aromatic carbocycles. The third-order valence-electron chi connectivity index (χ3n) is 6.55. The molecule has 0 N–H and O–H groups in total. The minimum absolute atomic E-state index is 0.0852. The average molecular weight is 569 g/mol. The van der Waals surface area contributed by atoms with Crippen molar-refractivity contribution < 1.29 is 22.7 Å². The van der Waals surface area contributed by atoms with Gasteiger partial charge in [-0.05, 0) is 64.7 Å². The highest BCUT2D eigenvalue weighted by Crippen LogP contribution is 2.47. The predicted octanol–water partition coefficient (Wildman–Crippen LogP) is 7.30. The van der Waals surface area contributed by atoms with Crippen LogP contribution in [-0.4, -0.2) is 36.2 Å². The number of allylic oxidation sites excluding steroid dienone is 2. The van der Waals surface area contributed by atoms with E-state index in [1.807, 2.05) is 0 Å². The normalized spacial score (nSPS) is 18.4. The van der Waals surface area contributed by atoms with E-state index in [9.17, 15) is 18.0 Å². The molecule has 5 rings (SSSR count). The zero-order valence-electron chi connectivity index (χ0n) is 21.1. The summed E-state index contributed by atoms with van der Waals surface area (Å²) in [5, 5.41) is 8.87. The summed E-state index contributed by atoms with van der Waals surface area (Å²) in [5.41, 5.74) is -0.755. The van der Waals surface area contributed by atoms with E-state index in [0.29, 0.717) is 22.7 Å². The number of amides is 1. The molecule has 13 heteroatoms. The topological polar surface area (TPSA) is 78.1 Å². The molecule has 202 valence electrons. The van der Waals surface area contributed by atoms with Gasteiger partial charge in [0.15, 0.2) is 11.5 Å². The van der Waals surface area contributed by atoms with Crippen LogP contribution >= 0.6 is 23.2 Å². The molecule has 8 nitrogen and oxygen atoms in total. The second-order valence-electron chi connectivity index (χ2n) is 10.3. The van der Waals surface area contributed by atoms with E-state index < -0.39 is 29.6 Å². The van der Waals surface area contributed by atoms with Gasteiger partial charge in [-0.3, -0.25) is 0 Å². The molecule has 1 atom stereocenters. The first kappa shape index (κ1) is 26.6. The van der Waals surface area contributed by atoms with Gasteiger partial charge in [-0.2, -0.15) is 23.4 Å². The Balaban J connectivity index is 1.80. The van der Waals surface area contributed by atoms with Gasteiger partial charge in [-0.1, -0.05) is 29.3 Å². The number of ether oxygens (including phenoxy) is 1. The first-order valence-corrected chi connectivity index (χ1v) is 12.8. The molecule has 3 heterocycles. The van der Waals surface area contributed by atoms with Crippen LogP contribution in [0.15, 0.2) is 36.3 Å². The van der Waals surface area contributed by atoms with Gasteiger partial charge in [0.2, 0.25) is 0 Å². The highest BCUT2D eigenvalue weighted by Gasteiger charge is 2.44. The molecule has 1 fully saturated rings. The van der Waals surface area contributed by atoms with Crippen LogP contribution in [0, 0.1) is 0 Å². The van der Waals surface area contributed by atoms with Gasteiger partial charge < -0.3 is 4.74 Å². The molecule has 0 bridgehead atoms. The van der Waals surface area contributed by atoms with Gasteiger partial charge in [-0.15, -0.1) is 0 Å². The van der Waals surface area contributed by atoms with E-state index in [0.717, 1.165) is 34.9 Å². The number of carbonyl (C=O) groups excluding carboxylic acids is 1. The third kappa shape index (κ3) is 4.66. The summed E-state index contributed by atoms with van der Waals surface area (Å²) in [6, 6.07) is 4.81. The number of benzene rings is 1. The summed E-state index contributed by atoms with van der Waals surface area (Å²) in [7, 11) is 0. The molecule has 38 heavy (non-hydrogen) atoms. The number of nitrogens with zero attached hydrogens (tertiary/aromatic N) is 6. The molecule has 2 aromatic heterocycles. The number of hydrogen-bond donors (Lipinski definition) is 0. The van der Waals surface area contributed by atoms with Crippen LogP contribution in [0.5, 0.6) is 0 Å². The Morgan fingerprint density at radius 2 is 1.79 bits per heavy atom. The first-order chi connectivity index (χ1) is 17.8. The second kappa shape index (κ2) is 9.30. The highest BCUT2D eigenvalue weighted by molar-refractivity contribution is 6.42. The van der Waals surface area contributed by atoms with Crippen LogP contribution < -0.4 is 4.90 Å². The highest BCUT2D eigenvalue weighted by atomic mass is 35.5. The maximum absolute atomic E-state index is 13.9. The fourth-order valence-corrected chi connectivity index (χ4v) is 4.95. The fraction of sp³-hybridized carbons (Fsp3) is 0.440. The first-order valence-electron chi connectivity index (χ1n) is 12.0. The van der Waals surface area contributed by atoms with E-state index in [1.165, 1.54) is 6.33 Å². The Morgan fingerprint density at radius 3 is 2.37 bits per heavy atom. The number of carbonyl (C=O) groups is 1. The number of hydrogen-bond acceptors (Lipinski definition) is 5. The number of alkyl halides is 3. The van der Waals surface area contributed by atoms with E-state index in [4.69, 9.17) is 27.9 Å². The van der Waals surface area contributed by atoms with Crippen LogP contribution in [-0.2, 0) is 10.9 Å². The molecule has 1 amide bonds. The van der Waals surface area contributed by atoms with Gasteiger partial charge in [-0.25, -0.2) is 24.0 Å².